The number of hydrogen-bond donors (Lipinski definition) is 3. The van der Waals surface area contributed by atoms with E-state index in [2.05, 4.69) is 0 Å². The normalized spacial score (nSPS) is 34.6. The second-order valence-corrected chi connectivity index (χ2v) is 10.3. The molecule has 0 unspecified atom stereocenters. The van der Waals surface area contributed by atoms with Crippen LogP contribution in [0.25, 0.3) is 0 Å². The van der Waals surface area contributed by atoms with Gasteiger partial charge in [0, 0.05) is 0 Å². The molecule has 1 saturated carbocycles. The number of aliphatic hydroxyl groups is 3. The lowest BCUT2D eigenvalue weighted by Crippen LogP contribution is -2.68. The van der Waals surface area contributed by atoms with Crippen LogP contribution in [0.2, 0.25) is 19.6 Å². The van der Waals surface area contributed by atoms with Crippen molar-refractivity contribution in [1.29, 1.82) is 0 Å². The van der Waals surface area contributed by atoms with Crippen LogP contribution in [-0.2, 0) is 0 Å². The van der Waals surface area contributed by atoms with Gasteiger partial charge < -0.3 is 15.3 Å². The first-order valence-corrected chi connectivity index (χ1v) is 8.38. The van der Waals surface area contributed by atoms with Gasteiger partial charge in [-0.3, -0.25) is 0 Å². The average Bonchev–Trinajstić information content (AvgIpc) is 1.97. The van der Waals surface area contributed by atoms with Crippen LogP contribution in [0.3, 0.4) is 0 Å². The van der Waals surface area contributed by atoms with Gasteiger partial charge in [-0.1, -0.05) is 19.6 Å². The van der Waals surface area contributed by atoms with E-state index in [-0.39, 0.29) is 0 Å². The SMILES string of the molecule is C[Si](C)(C)C1(O)[C@@H](O)CCC[C@@H]1O. The molecule has 0 aromatic rings. The third-order valence-electron chi connectivity index (χ3n) is 3.17. The molecule has 78 valence electrons. The van der Waals surface area contributed by atoms with Gasteiger partial charge in [0.1, 0.15) is 5.22 Å². The largest absolute Gasteiger partial charge is 0.390 e. The predicted octanol–water partition coefficient (Wildman–Crippen LogP) is 0.501. The maximum Gasteiger partial charge on any atom is 0.105 e. The van der Waals surface area contributed by atoms with E-state index in [4.69, 9.17) is 0 Å². The van der Waals surface area contributed by atoms with Gasteiger partial charge in [-0.15, -0.1) is 0 Å². The molecule has 0 spiro atoms. The summed E-state index contributed by atoms with van der Waals surface area (Å²) in [4.78, 5) is 0. The van der Waals surface area contributed by atoms with Crippen molar-refractivity contribution in [2.24, 2.45) is 0 Å². The summed E-state index contributed by atoms with van der Waals surface area (Å²) < 4.78 is 0. The van der Waals surface area contributed by atoms with E-state index in [1.54, 1.807) is 0 Å². The van der Waals surface area contributed by atoms with E-state index in [1.807, 2.05) is 19.6 Å². The summed E-state index contributed by atoms with van der Waals surface area (Å²) in [6.45, 7) is 5.93. The molecule has 4 heteroatoms. The Hall–Kier alpha value is 0.0969. The molecule has 1 aliphatic rings. The molecule has 0 amide bonds. The van der Waals surface area contributed by atoms with Crippen LogP contribution in [0.1, 0.15) is 19.3 Å². The van der Waals surface area contributed by atoms with Gasteiger partial charge in [0.15, 0.2) is 0 Å². The first-order chi connectivity index (χ1) is 5.80. The molecule has 1 aliphatic carbocycles. The fraction of sp³-hybridized carbons (Fsp3) is 1.00. The molecule has 0 radical (unpaired) electrons. The van der Waals surface area contributed by atoms with Gasteiger partial charge in [-0.2, -0.15) is 0 Å². The maximum absolute atomic E-state index is 10.3. The zero-order valence-corrected chi connectivity index (χ0v) is 9.62. The smallest absolute Gasteiger partial charge is 0.105 e. The molecule has 0 saturated heterocycles. The molecule has 1 rings (SSSR count). The van der Waals surface area contributed by atoms with Crippen LogP contribution >= 0.6 is 0 Å². The summed E-state index contributed by atoms with van der Waals surface area (Å²) in [5, 5.41) is 28.6. The Morgan fingerprint density at radius 1 is 1.08 bits per heavy atom. The average molecular weight is 204 g/mol. The molecular formula is C9H20O3Si. The summed E-state index contributed by atoms with van der Waals surface area (Å²) in [6, 6.07) is 0. The first-order valence-electron chi connectivity index (χ1n) is 4.88. The molecule has 0 aromatic heterocycles. The lowest BCUT2D eigenvalue weighted by molar-refractivity contribution is -0.121. The van der Waals surface area contributed by atoms with E-state index in [0.29, 0.717) is 12.8 Å². The summed E-state index contributed by atoms with van der Waals surface area (Å²) >= 11 is 0. The summed E-state index contributed by atoms with van der Waals surface area (Å²) in [6.07, 6.45) is 0.524. The lowest BCUT2D eigenvalue weighted by Gasteiger charge is -2.48. The van der Waals surface area contributed by atoms with E-state index >= 15 is 0 Å². The zero-order valence-electron chi connectivity index (χ0n) is 8.62. The minimum Gasteiger partial charge on any atom is -0.390 e. The molecule has 13 heavy (non-hydrogen) atoms. The molecule has 3 nitrogen and oxygen atoms in total. The Labute approximate surface area is 80.4 Å². The summed E-state index contributed by atoms with van der Waals surface area (Å²) in [5.74, 6) is 0. The highest BCUT2D eigenvalue weighted by atomic mass is 28.3. The summed E-state index contributed by atoms with van der Waals surface area (Å²) in [7, 11) is -1.95. The molecule has 0 bridgehead atoms. The quantitative estimate of drug-likeness (QED) is 0.545. The van der Waals surface area contributed by atoms with Crippen LogP contribution in [0.15, 0.2) is 0 Å². The highest BCUT2D eigenvalue weighted by molar-refractivity contribution is 6.79. The fourth-order valence-corrected chi connectivity index (χ4v) is 4.45. The van der Waals surface area contributed by atoms with Crippen molar-refractivity contribution in [2.45, 2.75) is 56.3 Å². The van der Waals surface area contributed by atoms with Crippen molar-refractivity contribution in [2.75, 3.05) is 0 Å². The van der Waals surface area contributed by atoms with Gasteiger partial charge >= 0.3 is 0 Å². The summed E-state index contributed by atoms with van der Waals surface area (Å²) in [5.41, 5.74) is 0. The van der Waals surface area contributed by atoms with Crippen molar-refractivity contribution >= 4 is 8.07 Å². The van der Waals surface area contributed by atoms with Crippen molar-refractivity contribution < 1.29 is 15.3 Å². The number of hydrogen-bond acceptors (Lipinski definition) is 3. The fourth-order valence-electron chi connectivity index (χ4n) is 2.17. The van der Waals surface area contributed by atoms with Crippen LogP contribution < -0.4 is 0 Å². The zero-order chi connectivity index (χ0) is 10.3. The van der Waals surface area contributed by atoms with Gasteiger partial charge in [0.25, 0.3) is 0 Å². The molecule has 1 fully saturated rings. The molecule has 0 aliphatic heterocycles. The van der Waals surface area contributed by atoms with Gasteiger partial charge in [-0.05, 0) is 19.3 Å². The Morgan fingerprint density at radius 3 is 1.69 bits per heavy atom. The Bertz CT molecular complexity index is 178. The Morgan fingerprint density at radius 2 is 1.46 bits per heavy atom. The van der Waals surface area contributed by atoms with Crippen molar-refractivity contribution in [1.82, 2.24) is 0 Å². The van der Waals surface area contributed by atoms with E-state index in [1.165, 1.54) is 0 Å². The van der Waals surface area contributed by atoms with Crippen LogP contribution in [0, 0.1) is 0 Å². The molecule has 0 heterocycles. The second kappa shape index (κ2) is 3.35. The monoisotopic (exact) mass is 204 g/mol. The number of rotatable bonds is 1. The van der Waals surface area contributed by atoms with Crippen LogP contribution in [0.5, 0.6) is 0 Å². The minimum atomic E-state index is -1.95. The molecule has 0 aromatic carbocycles. The molecule has 2 atom stereocenters. The third kappa shape index (κ3) is 1.68. The van der Waals surface area contributed by atoms with Crippen LogP contribution in [0.4, 0.5) is 0 Å². The third-order valence-corrected chi connectivity index (χ3v) is 6.24. The highest BCUT2D eigenvalue weighted by Gasteiger charge is 2.53. The van der Waals surface area contributed by atoms with Crippen molar-refractivity contribution in [3.05, 3.63) is 0 Å². The first kappa shape index (κ1) is 11.2. The Kier molecular flexibility index (Phi) is 2.88. The van der Waals surface area contributed by atoms with Crippen molar-refractivity contribution in [3.63, 3.8) is 0 Å². The maximum atomic E-state index is 10.3. The lowest BCUT2D eigenvalue weighted by atomic mass is 9.91. The van der Waals surface area contributed by atoms with E-state index < -0.39 is 25.5 Å². The van der Waals surface area contributed by atoms with Crippen molar-refractivity contribution in [3.8, 4) is 0 Å². The highest BCUT2D eigenvalue weighted by Crippen LogP contribution is 2.36. The van der Waals surface area contributed by atoms with Gasteiger partial charge in [0.05, 0.1) is 20.3 Å². The van der Waals surface area contributed by atoms with E-state index in [0.717, 1.165) is 6.42 Å². The second-order valence-electron chi connectivity index (χ2n) is 5.04. The Balaban J connectivity index is 2.94. The van der Waals surface area contributed by atoms with Gasteiger partial charge in [-0.25, -0.2) is 0 Å². The standard InChI is InChI=1S/C9H20O3Si/c1-13(2,3)9(12)7(10)5-4-6-8(9)11/h7-8,10-12H,4-6H2,1-3H3/t7-,8-/m0/s1. The topological polar surface area (TPSA) is 60.7 Å². The molecular weight excluding hydrogens is 184 g/mol. The predicted molar refractivity (Wildman–Crippen MR) is 54.2 cm³/mol. The van der Waals surface area contributed by atoms with Crippen LogP contribution in [-0.4, -0.2) is 40.8 Å². The van der Waals surface area contributed by atoms with Gasteiger partial charge in [0.2, 0.25) is 0 Å². The minimum absolute atomic E-state index is 0.609. The van der Waals surface area contributed by atoms with E-state index in [9.17, 15) is 15.3 Å². The number of aliphatic hydroxyl groups excluding tert-OH is 2. The molecule has 3 N–H and O–H groups in total.